The van der Waals surface area contributed by atoms with Crippen molar-refractivity contribution in [3.63, 3.8) is 0 Å². The predicted molar refractivity (Wildman–Crippen MR) is 101 cm³/mol. The quantitative estimate of drug-likeness (QED) is 0.807. The summed E-state index contributed by atoms with van der Waals surface area (Å²) in [4.78, 5) is 15.3. The van der Waals surface area contributed by atoms with E-state index in [1.807, 2.05) is 44.4 Å². The summed E-state index contributed by atoms with van der Waals surface area (Å²) >= 11 is 0. The average molecular weight is 342 g/mol. The number of ether oxygens (including phenoxy) is 1. The highest BCUT2D eigenvalue weighted by Crippen LogP contribution is 2.16. The molecule has 1 atom stereocenters. The van der Waals surface area contributed by atoms with E-state index in [0.29, 0.717) is 6.54 Å². The Balaban J connectivity index is 1.89. The van der Waals surface area contributed by atoms with Crippen LogP contribution in [0.3, 0.4) is 0 Å². The highest BCUT2D eigenvalue weighted by atomic mass is 16.5. The number of carbonyl (C=O) groups excluding carboxylic acids is 1. The number of amides is 1. The first-order chi connectivity index (χ1) is 12.0. The summed E-state index contributed by atoms with van der Waals surface area (Å²) in [6.07, 6.45) is -0.389. The van der Waals surface area contributed by atoms with Gasteiger partial charge in [0, 0.05) is 25.3 Å². The molecule has 134 valence electrons. The molecule has 0 spiro atoms. The molecule has 2 rings (SSSR count). The van der Waals surface area contributed by atoms with Gasteiger partial charge in [0.1, 0.15) is 12.6 Å². The lowest BCUT2D eigenvalue weighted by Gasteiger charge is -2.23. The highest BCUT2D eigenvalue weighted by molar-refractivity contribution is 5.67. The van der Waals surface area contributed by atoms with Crippen molar-refractivity contribution >= 4 is 11.8 Å². The molecule has 0 aliphatic heterocycles. The molecular formula is C20H28N3O2+. The van der Waals surface area contributed by atoms with Gasteiger partial charge in [-0.25, -0.2) is 4.79 Å². The van der Waals surface area contributed by atoms with Crippen molar-refractivity contribution in [3.8, 4) is 0 Å². The maximum absolute atomic E-state index is 12.0. The second-order valence-corrected chi connectivity index (χ2v) is 6.56. The van der Waals surface area contributed by atoms with Crippen LogP contribution < -0.4 is 15.1 Å². The van der Waals surface area contributed by atoms with Crippen LogP contribution in [0.4, 0.5) is 10.5 Å². The molecule has 0 fully saturated rings. The maximum atomic E-state index is 12.0. The van der Waals surface area contributed by atoms with Crippen molar-refractivity contribution in [2.45, 2.75) is 12.6 Å². The minimum absolute atomic E-state index is 0.167. The summed E-state index contributed by atoms with van der Waals surface area (Å²) < 4.78 is 5.28. The lowest BCUT2D eigenvalue weighted by atomic mass is 10.1. The van der Waals surface area contributed by atoms with Gasteiger partial charge in [0.15, 0.2) is 0 Å². The predicted octanol–water partition coefficient (Wildman–Crippen LogP) is 1.86. The zero-order valence-corrected chi connectivity index (χ0v) is 15.5. The number of hydrogen-bond acceptors (Lipinski definition) is 3. The van der Waals surface area contributed by atoms with E-state index in [1.165, 1.54) is 10.5 Å². The fourth-order valence-electron chi connectivity index (χ4n) is 2.62. The van der Waals surface area contributed by atoms with Gasteiger partial charge in [0.05, 0.1) is 20.6 Å². The number of carbonyl (C=O) groups is 1. The van der Waals surface area contributed by atoms with E-state index in [2.05, 4.69) is 48.6 Å². The molecule has 2 N–H and O–H groups in total. The van der Waals surface area contributed by atoms with Gasteiger partial charge in [-0.15, -0.1) is 0 Å². The fraction of sp³-hybridized carbons (Fsp3) is 0.350. The summed E-state index contributed by atoms with van der Waals surface area (Å²) in [6, 6.07) is 18.3. The molecule has 0 radical (unpaired) electrons. The Hall–Kier alpha value is -2.53. The third-order valence-electron chi connectivity index (χ3n) is 4.17. The smallest absolute Gasteiger partial charge is 0.407 e. The van der Waals surface area contributed by atoms with Crippen LogP contribution in [0.25, 0.3) is 0 Å². The molecule has 0 aliphatic rings. The van der Waals surface area contributed by atoms with Crippen molar-refractivity contribution in [2.75, 3.05) is 39.6 Å². The molecule has 5 heteroatoms. The maximum Gasteiger partial charge on any atom is 0.407 e. The minimum atomic E-state index is -0.389. The summed E-state index contributed by atoms with van der Waals surface area (Å²) in [6.45, 7) is 0.807. The highest BCUT2D eigenvalue weighted by Gasteiger charge is 2.19. The molecule has 2 aromatic rings. The lowest BCUT2D eigenvalue weighted by Crippen LogP contribution is -3.07. The number of nitrogens with one attached hydrogen (secondary N) is 2. The van der Waals surface area contributed by atoms with Crippen LogP contribution in [0.15, 0.2) is 54.6 Å². The molecule has 0 aromatic heterocycles. The van der Waals surface area contributed by atoms with E-state index in [0.717, 1.165) is 11.3 Å². The SMILES string of the molecule is CN(C)c1ccc([C@@H](CNC(=O)OCc2ccccc2)[NH+](C)C)cc1. The van der Waals surface area contributed by atoms with E-state index in [1.54, 1.807) is 0 Å². The van der Waals surface area contributed by atoms with E-state index >= 15 is 0 Å². The van der Waals surface area contributed by atoms with Crippen molar-refractivity contribution < 1.29 is 14.4 Å². The van der Waals surface area contributed by atoms with E-state index in [4.69, 9.17) is 4.74 Å². The Labute approximate surface area is 150 Å². The molecule has 0 saturated heterocycles. The zero-order chi connectivity index (χ0) is 18.2. The Bertz CT molecular complexity index is 654. The van der Waals surface area contributed by atoms with Crippen LogP contribution in [0.5, 0.6) is 0 Å². The van der Waals surface area contributed by atoms with Gasteiger partial charge >= 0.3 is 6.09 Å². The Kier molecular flexibility index (Phi) is 6.83. The van der Waals surface area contributed by atoms with E-state index < -0.39 is 0 Å². The Morgan fingerprint density at radius 3 is 2.28 bits per heavy atom. The van der Waals surface area contributed by atoms with Gasteiger partial charge in [-0.05, 0) is 17.7 Å². The molecule has 2 aromatic carbocycles. The molecule has 0 aliphatic carbocycles. The Morgan fingerprint density at radius 1 is 1.08 bits per heavy atom. The third-order valence-corrected chi connectivity index (χ3v) is 4.17. The first kappa shape index (κ1) is 18.8. The number of anilines is 1. The van der Waals surface area contributed by atoms with Crippen LogP contribution in [0, 0.1) is 0 Å². The number of nitrogens with zero attached hydrogens (tertiary/aromatic N) is 1. The molecule has 0 heterocycles. The molecule has 25 heavy (non-hydrogen) atoms. The van der Waals surface area contributed by atoms with Gasteiger partial charge in [-0.3, -0.25) is 0 Å². The summed E-state index contributed by atoms with van der Waals surface area (Å²) in [5.41, 5.74) is 3.33. The topological polar surface area (TPSA) is 46.0 Å². The molecule has 0 unspecified atom stereocenters. The van der Waals surface area contributed by atoms with Gasteiger partial charge in [-0.1, -0.05) is 42.5 Å². The van der Waals surface area contributed by atoms with Crippen molar-refractivity contribution in [1.29, 1.82) is 0 Å². The van der Waals surface area contributed by atoms with Gasteiger partial charge in [-0.2, -0.15) is 0 Å². The normalized spacial score (nSPS) is 11.9. The third kappa shape index (κ3) is 5.80. The number of alkyl carbamates (subject to hydrolysis) is 1. The molecule has 1 amide bonds. The van der Waals surface area contributed by atoms with Crippen LogP contribution in [0.1, 0.15) is 17.2 Å². The molecule has 5 nitrogen and oxygen atoms in total. The second-order valence-electron chi connectivity index (χ2n) is 6.56. The summed E-state index contributed by atoms with van der Waals surface area (Å²) in [5.74, 6) is 0. The monoisotopic (exact) mass is 342 g/mol. The molecule has 0 saturated carbocycles. The van der Waals surface area contributed by atoms with Gasteiger partial charge < -0.3 is 19.9 Å². The average Bonchev–Trinajstić information content (AvgIpc) is 2.61. The fourth-order valence-corrected chi connectivity index (χ4v) is 2.62. The lowest BCUT2D eigenvalue weighted by molar-refractivity contribution is -0.890. The number of hydrogen-bond donors (Lipinski definition) is 2. The number of likely N-dealkylation sites (N-methyl/N-ethyl adjacent to an activating group) is 1. The minimum Gasteiger partial charge on any atom is -0.445 e. The van der Waals surface area contributed by atoms with E-state index in [-0.39, 0.29) is 18.7 Å². The Morgan fingerprint density at radius 2 is 1.72 bits per heavy atom. The van der Waals surface area contributed by atoms with Gasteiger partial charge in [0.2, 0.25) is 0 Å². The number of benzene rings is 2. The van der Waals surface area contributed by atoms with Crippen molar-refractivity contribution in [1.82, 2.24) is 5.32 Å². The largest absolute Gasteiger partial charge is 0.445 e. The van der Waals surface area contributed by atoms with E-state index in [9.17, 15) is 4.79 Å². The standard InChI is InChI=1S/C20H27N3O2/c1-22(2)18-12-10-17(11-13-18)19(23(3)4)14-21-20(24)25-15-16-8-6-5-7-9-16/h5-13,19H,14-15H2,1-4H3,(H,21,24)/p+1/t19-/m1/s1. The zero-order valence-electron chi connectivity index (χ0n) is 15.5. The first-order valence-electron chi connectivity index (χ1n) is 8.49. The van der Waals surface area contributed by atoms with Gasteiger partial charge in [0.25, 0.3) is 0 Å². The summed E-state index contributed by atoms with van der Waals surface area (Å²) in [5, 5.41) is 2.88. The van der Waals surface area contributed by atoms with Crippen LogP contribution >= 0.6 is 0 Å². The van der Waals surface area contributed by atoms with Crippen molar-refractivity contribution in [3.05, 3.63) is 65.7 Å². The van der Waals surface area contributed by atoms with Crippen LogP contribution in [-0.4, -0.2) is 40.8 Å². The summed E-state index contributed by atoms with van der Waals surface area (Å²) in [7, 11) is 8.21. The first-order valence-corrected chi connectivity index (χ1v) is 8.49. The molecule has 0 bridgehead atoms. The molecular weight excluding hydrogens is 314 g/mol. The number of quaternary nitrogens is 1. The van der Waals surface area contributed by atoms with Crippen molar-refractivity contribution in [2.24, 2.45) is 0 Å². The number of rotatable bonds is 7. The second kappa shape index (κ2) is 9.08. The van der Waals surface area contributed by atoms with Crippen LogP contribution in [0.2, 0.25) is 0 Å². The van der Waals surface area contributed by atoms with Crippen LogP contribution in [-0.2, 0) is 11.3 Å².